The molecule has 1 N–H and O–H groups in total. The Labute approximate surface area is 211 Å². The Bertz CT molecular complexity index is 1170. The molecule has 3 amide bonds. The number of aryl methyl sites for hydroxylation is 1. The van der Waals surface area contributed by atoms with E-state index in [0.29, 0.717) is 57.7 Å². The van der Waals surface area contributed by atoms with E-state index >= 15 is 0 Å². The minimum atomic E-state index is -0.822. The average molecular weight is 489 g/mol. The second kappa shape index (κ2) is 10.6. The Morgan fingerprint density at radius 3 is 2.36 bits per heavy atom. The van der Waals surface area contributed by atoms with Gasteiger partial charge >= 0.3 is 6.03 Å². The number of amides is 3. The van der Waals surface area contributed by atoms with E-state index in [9.17, 15) is 14.7 Å². The van der Waals surface area contributed by atoms with E-state index in [4.69, 9.17) is 4.42 Å². The third kappa shape index (κ3) is 4.92. The molecule has 8 nitrogen and oxygen atoms in total. The maximum absolute atomic E-state index is 13.8. The molecule has 1 spiro atoms. The monoisotopic (exact) mass is 488 g/mol. The fourth-order valence-corrected chi connectivity index (χ4v) is 5.33. The van der Waals surface area contributed by atoms with Crippen LogP contribution in [-0.4, -0.2) is 61.9 Å². The number of hydrogen-bond donors (Lipinski definition) is 1. The first-order valence-electron chi connectivity index (χ1n) is 12.6. The molecule has 4 heterocycles. The van der Waals surface area contributed by atoms with Crippen molar-refractivity contribution in [3.8, 4) is 0 Å². The Hall–Kier alpha value is -3.49. The number of furan rings is 1. The maximum atomic E-state index is 13.8. The number of carbonyl (C=O) groups excluding carboxylic acids is 2. The van der Waals surface area contributed by atoms with Crippen molar-refractivity contribution in [3.05, 3.63) is 89.6 Å². The van der Waals surface area contributed by atoms with Crippen LogP contribution in [0.1, 0.15) is 41.9 Å². The van der Waals surface area contributed by atoms with Crippen LogP contribution in [0.3, 0.4) is 0 Å². The fourth-order valence-electron chi connectivity index (χ4n) is 5.33. The first-order valence-corrected chi connectivity index (χ1v) is 12.6. The van der Waals surface area contributed by atoms with Crippen molar-refractivity contribution >= 4 is 11.9 Å². The van der Waals surface area contributed by atoms with E-state index in [0.717, 1.165) is 23.3 Å². The zero-order valence-corrected chi connectivity index (χ0v) is 20.4. The van der Waals surface area contributed by atoms with Gasteiger partial charge in [0.25, 0.3) is 5.91 Å². The van der Waals surface area contributed by atoms with Gasteiger partial charge in [-0.3, -0.25) is 19.6 Å². The summed E-state index contributed by atoms with van der Waals surface area (Å²) in [5.41, 5.74) is 1.30. The van der Waals surface area contributed by atoms with Gasteiger partial charge in [0.15, 0.2) is 0 Å². The number of imide groups is 1. The summed E-state index contributed by atoms with van der Waals surface area (Å²) in [6.45, 7) is 2.69. The maximum Gasteiger partial charge on any atom is 0.327 e. The summed E-state index contributed by atoms with van der Waals surface area (Å²) >= 11 is 0. The molecule has 0 aliphatic carbocycles. The normalized spacial score (nSPS) is 17.9. The molecule has 0 unspecified atom stereocenters. The highest BCUT2D eigenvalue weighted by molar-refractivity contribution is 6.07. The summed E-state index contributed by atoms with van der Waals surface area (Å²) in [5.74, 6) is 1.27. The van der Waals surface area contributed by atoms with Gasteiger partial charge in [-0.25, -0.2) is 4.79 Å². The number of piperidine rings is 1. The lowest BCUT2D eigenvalue weighted by atomic mass is 9.85. The van der Waals surface area contributed by atoms with Crippen LogP contribution >= 0.6 is 0 Å². The summed E-state index contributed by atoms with van der Waals surface area (Å²) in [6.07, 6.45) is 6.20. The minimum absolute atomic E-state index is 0.0742. The summed E-state index contributed by atoms with van der Waals surface area (Å²) in [7, 11) is 0. The van der Waals surface area contributed by atoms with E-state index in [1.165, 1.54) is 4.90 Å². The number of aliphatic hydroxyl groups is 1. The van der Waals surface area contributed by atoms with Crippen LogP contribution in [0.25, 0.3) is 0 Å². The zero-order valence-electron chi connectivity index (χ0n) is 20.4. The molecule has 2 aliphatic rings. The smallest absolute Gasteiger partial charge is 0.327 e. The largest absolute Gasteiger partial charge is 0.462 e. The zero-order chi connectivity index (χ0) is 25.0. The van der Waals surface area contributed by atoms with Crippen molar-refractivity contribution < 1.29 is 19.1 Å². The highest BCUT2D eigenvalue weighted by Crippen LogP contribution is 2.39. The molecule has 2 saturated heterocycles. The van der Waals surface area contributed by atoms with E-state index in [1.807, 2.05) is 59.6 Å². The van der Waals surface area contributed by atoms with Gasteiger partial charge in [0, 0.05) is 38.6 Å². The molecule has 3 aromatic rings. The summed E-state index contributed by atoms with van der Waals surface area (Å²) in [5, 5.41) is 9.26. The SMILES string of the molecule is O=C1N(CCCc2cccnc2)C(=O)C2(CCN(Cc3ccc(CO)o3)CC2)N1Cc1ccccc1. The van der Waals surface area contributed by atoms with E-state index < -0.39 is 5.54 Å². The first kappa shape index (κ1) is 24.2. The van der Waals surface area contributed by atoms with Crippen molar-refractivity contribution in [2.75, 3.05) is 19.6 Å². The van der Waals surface area contributed by atoms with Crippen molar-refractivity contribution in [2.24, 2.45) is 0 Å². The quantitative estimate of drug-likeness (QED) is 0.463. The van der Waals surface area contributed by atoms with Crippen LogP contribution in [0.5, 0.6) is 0 Å². The van der Waals surface area contributed by atoms with Crippen LogP contribution in [-0.2, 0) is 30.9 Å². The number of aromatic nitrogens is 1. The number of carbonyl (C=O) groups is 2. The number of hydrogen-bond acceptors (Lipinski definition) is 6. The van der Waals surface area contributed by atoms with Crippen molar-refractivity contribution in [3.63, 3.8) is 0 Å². The summed E-state index contributed by atoms with van der Waals surface area (Å²) in [6, 6.07) is 17.3. The number of urea groups is 1. The lowest BCUT2D eigenvalue weighted by Crippen LogP contribution is -2.56. The third-order valence-electron chi connectivity index (χ3n) is 7.31. The van der Waals surface area contributed by atoms with Gasteiger partial charge in [-0.15, -0.1) is 0 Å². The van der Waals surface area contributed by atoms with Crippen molar-refractivity contribution in [2.45, 2.75) is 50.9 Å². The van der Waals surface area contributed by atoms with Gasteiger partial charge in [-0.05, 0) is 55.0 Å². The van der Waals surface area contributed by atoms with E-state index in [1.54, 1.807) is 12.3 Å². The Kier molecular flexibility index (Phi) is 7.16. The molecule has 5 rings (SSSR count). The molecule has 8 heteroatoms. The van der Waals surface area contributed by atoms with Crippen LogP contribution in [0, 0.1) is 0 Å². The summed E-state index contributed by atoms with van der Waals surface area (Å²) in [4.78, 5) is 37.1. The number of rotatable bonds is 9. The molecule has 2 aromatic heterocycles. The minimum Gasteiger partial charge on any atom is -0.462 e. The number of likely N-dealkylation sites (tertiary alicyclic amines) is 1. The number of pyridine rings is 1. The fraction of sp³-hybridized carbons (Fsp3) is 0.393. The second-order valence-corrected chi connectivity index (χ2v) is 9.61. The Morgan fingerprint density at radius 1 is 0.917 bits per heavy atom. The summed E-state index contributed by atoms with van der Waals surface area (Å²) < 4.78 is 5.65. The molecule has 36 heavy (non-hydrogen) atoms. The lowest BCUT2D eigenvalue weighted by molar-refractivity contribution is -0.136. The number of nitrogens with zero attached hydrogens (tertiary/aromatic N) is 4. The highest BCUT2D eigenvalue weighted by atomic mass is 16.4. The second-order valence-electron chi connectivity index (χ2n) is 9.61. The van der Waals surface area contributed by atoms with Crippen LogP contribution in [0.4, 0.5) is 4.79 Å². The topological polar surface area (TPSA) is 90.1 Å². The molecule has 0 saturated carbocycles. The predicted molar refractivity (Wildman–Crippen MR) is 134 cm³/mol. The van der Waals surface area contributed by atoms with Crippen LogP contribution < -0.4 is 0 Å². The van der Waals surface area contributed by atoms with Gasteiger partial charge in [0.2, 0.25) is 0 Å². The molecular formula is C28H32N4O4. The third-order valence-corrected chi connectivity index (χ3v) is 7.31. The molecule has 188 valence electrons. The van der Waals surface area contributed by atoms with Gasteiger partial charge in [-0.1, -0.05) is 36.4 Å². The molecule has 0 bridgehead atoms. The number of aliphatic hydroxyl groups excluding tert-OH is 1. The molecule has 2 aliphatic heterocycles. The lowest BCUT2D eigenvalue weighted by Gasteiger charge is -2.42. The highest BCUT2D eigenvalue weighted by Gasteiger charge is 2.57. The first-order chi connectivity index (χ1) is 17.6. The van der Waals surface area contributed by atoms with Gasteiger partial charge in [0.1, 0.15) is 23.7 Å². The Morgan fingerprint density at radius 2 is 1.67 bits per heavy atom. The molecular weight excluding hydrogens is 456 g/mol. The van der Waals surface area contributed by atoms with E-state index in [-0.39, 0.29) is 18.5 Å². The molecule has 1 aromatic carbocycles. The van der Waals surface area contributed by atoms with Gasteiger partial charge in [0.05, 0.1) is 6.54 Å². The van der Waals surface area contributed by atoms with Gasteiger partial charge in [-0.2, -0.15) is 0 Å². The number of benzene rings is 1. The predicted octanol–water partition coefficient (Wildman–Crippen LogP) is 3.60. The van der Waals surface area contributed by atoms with Crippen molar-refractivity contribution in [1.82, 2.24) is 19.7 Å². The Balaban J connectivity index is 1.30. The molecule has 0 radical (unpaired) electrons. The molecule has 0 atom stereocenters. The van der Waals surface area contributed by atoms with Crippen LogP contribution in [0.15, 0.2) is 71.4 Å². The average Bonchev–Trinajstić information content (AvgIpc) is 3.44. The van der Waals surface area contributed by atoms with Crippen molar-refractivity contribution in [1.29, 1.82) is 0 Å². The standard InChI is InChI=1S/C28H32N4O4/c33-21-25-11-10-24(36-25)20-30-16-12-28(13-17-30)26(34)31(15-5-9-22-8-4-14-29-18-22)27(35)32(28)19-23-6-2-1-3-7-23/h1-4,6-8,10-11,14,18,33H,5,9,12-13,15-17,19-21H2. The van der Waals surface area contributed by atoms with E-state index in [2.05, 4.69) is 9.88 Å². The van der Waals surface area contributed by atoms with Crippen LogP contribution in [0.2, 0.25) is 0 Å². The van der Waals surface area contributed by atoms with Gasteiger partial charge < -0.3 is 14.4 Å². The molecule has 2 fully saturated rings.